The second-order valence-electron chi connectivity index (χ2n) is 4.36. The Hall–Kier alpha value is -2.41. The molecular weight excluding hydrogens is 296 g/mol. The molecular formula is C13H13ClN4O3. The topological polar surface area (TPSA) is 90.2 Å². The Morgan fingerprint density at radius 2 is 1.95 bits per heavy atom. The molecule has 1 aromatic heterocycles. The number of nitro groups is 1. The molecule has 0 saturated heterocycles. The monoisotopic (exact) mass is 308 g/mol. The Morgan fingerprint density at radius 3 is 2.48 bits per heavy atom. The molecule has 2 rings (SSSR count). The SMILES string of the molecule is CNc1ncc([N+](=O)[O-])c(Oc2c(C)cc(Cl)cc2C)n1. The van der Waals surface area contributed by atoms with Gasteiger partial charge in [-0.2, -0.15) is 4.98 Å². The van der Waals surface area contributed by atoms with Gasteiger partial charge in [-0.3, -0.25) is 10.1 Å². The Morgan fingerprint density at radius 1 is 1.33 bits per heavy atom. The molecule has 8 heteroatoms. The predicted molar refractivity (Wildman–Crippen MR) is 79.2 cm³/mol. The summed E-state index contributed by atoms with van der Waals surface area (Å²) in [6.45, 7) is 3.61. The number of nitrogens with one attached hydrogen (secondary N) is 1. The van der Waals surface area contributed by atoms with E-state index in [9.17, 15) is 10.1 Å². The second kappa shape index (κ2) is 5.92. The van der Waals surface area contributed by atoms with Crippen LogP contribution in [-0.2, 0) is 0 Å². The van der Waals surface area contributed by atoms with Crippen molar-refractivity contribution in [3.05, 3.63) is 44.6 Å². The second-order valence-corrected chi connectivity index (χ2v) is 4.80. The summed E-state index contributed by atoms with van der Waals surface area (Å²) in [5, 5.41) is 14.3. The van der Waals surface area contributed by atoms with Gasteiger partial charge in [0.25, 0.3) is 0 Å². The minimum absolute atomic E-state index is 0.118. The van der Waals surface area contributed by atoms with Crippen LogP contribution in [0.5, 0.6) is 11.6 Å². The highest BCUT2D eigenvalue weighted by molar-refractivity contribution is 6.30. The van der Waals surface area contributed by atoms with Crippen LogP contribution in [0, 0.1) is 24.0 Å². The van der Waals surface area contributed by atoms with Crippen molar-refractivity contribution in [2.24, 2.45) is 0 Å². The third-order valence-corrected chi connectivity index (χ3v) is 3.00. The smallest absolute Gasteiger partial charge is 0.349 e. The quantitative estimate of drug-likeness (QED) is 0.687. The van der Waals surface area contributed by atoms with Gasteiger partial charge in [-0.05, 0) is 37.1 Å². The zero-order valence-electron chi connectivity index (χ0n) is 11.7. The Labute approximate surface area is 126 Å². The van der Waals surface area contributed by atoms with Crippen molar-refractivity contribution in [2.75, 3.05) is 12.4 Å². The van der Waals surface area contributed by atoms with Crippen molar-refractivity contribution in [3.63, 3.8) is 0 Å². The molecule has 2 aromatic rings. The summed E-state index contributed by atoms with van der Waals surface area (Å²) in [5.74, 6) is 0.607. The van der Waals surface area contributed by atoms with Crippen molar-refractivity contribution in [2.45, 2.75) is 13.8 Å². The number of aromatic nitrogens is 2. The lowest BCUT2D eigenvalue weighted by molar-refractivity contribution is -0.386. The van der Waals surface area contributed by atoms with Gasteiger partial charge in [-0.1, -0.05) is 11.6 Å². The van der Waals surface area contributed by atoms with E-state index in [0.29, 0.717) is 10.8 Å². The molecule has 0 aliphatic heterocycles. The van der Waals surface area contributed by atoms with Crippen LogP contribution in [0.2, 0.25) is 5.02 Å². The molecule has 0 atom stereocenters. The molecule has 0 spiro atoms. The van der Waals surface area contributed by atoms with Gasteiger partial charge in [0.15, 0.2) is 0 Å². The molecule has 1 aromatic carbocycles. The van der Waals surface area contributed by atoms with Gasteiger partial charge in [0, 0.05) is 12.1 Å². The third-order valence-electron chi connectivity index (χ3n) is 2.78. The van der Waals surface area contributed by atoms with Gasteiger partial charge >= 0.3 is 11.6 Å². The van der Waals surface area contributed by atoms with E-state index in [0.717, 1.165) is 17.3 Å². The van der Waals surface area contributed by atoms with Crippen molar-refractivity contribution < 1.29 is 9.66 Å². The number of benzene rings is 1. The number of aryl methyl sites for hydroxylation is 2. The van der Waals surface area contributed by atoms with Gasteiger partial charge in [-0.25, -0.2) is 4.98 Å². The predicted octanol–water partition coefficient (Wildman–Crippen LogP) is 3.49. The van der Waals surface area contributed by atoms with Gasteiger partial charge in [-0.15, -0.1) is 0 Å². The fourth-order valence-electron chi connectivity index (χ4n) is 1.84. The van der Waals surface area contributed by atoms with Gasteiger partial charge in [0.05, 0.1) is 4.92 Å². The molecule has 110 valence electrons. The van der Waals surface area contributed by atoms with E-state index >= 15 is 0 Å². The maximum Gasteiger partial charge on any atom is 0.349 e. The summed E-state index contributed by atoms with van der Waals surface area (Å²) in [6, 6.07) is 3.44. The highest BCUT2D eigenvalue weighted by Crippen LogP contribution is 2.34. The van der Waals surface area contributed by atoms with E-state index in [1.165, 1.54) is 0 Å². The Bertz CT molecular complexity index is 683. The van der Waals surface area contributed by atoms with E-state index in [4.69, 9.17) is 16.3 Å². The zero-order valence-corrected chi connectivity index (χ0v) is 12.4. The van der Waals surface area contributed by atoms with Gasteiger partial charge in [0.1, 0.15) is 11.9 Å². The molecule has 0 bridgehead atoms. The first-order chi connectivity index (χ1) is 9.92. The summed E-state index contributed by atoms with van der Waals surface area (Å²) in [6.07, 6.45) is 1.11. The first kappa shape index (κ1) is 15.0. The molecule has 0 saturated carbocycles. The molecule has 1 N–H and O–H groups in total. The average Bonchev–Trinajstić information content (AvgIpc) is 2.42. The molecule has 0 aliphatic carbocycles. The standard InChI is InChI=1S/C13H13ClN4O3/c1-7-4-9(14)5-8(2)11(7)21-12-10(18(19)20)6-16-13(15-3)17-12/h4-6H,1-3H3,(H,15,16,17). The van der Waals surface area contributed by atoms with Gasteiger partial charge in [0.2, 0.25) is 5.95 Å². The van der Waals surface area contributed by atoms with Crippen LogP contribution in [0.25, 0.3) is 0 Å². The molecule has 21 heavy (non-hydrogen) atoms. The fraction of sp³-hybridized carbons (Fsp3) is 0.231. The summed E-state index contributed by atoms with van der Waals surface area (Å²) in [4.78, 5) is 18.3. The van der Waals surface area contributed by atoms with Crippen LogP contribution < -0.4 is 10.1 Å². The molecule has 0 fully saturated rings. The van der Waals surface area contributed by atoms with Crippen molar-refractivity contribution in [1.82, 2.24) is 9.97 Å². The largest absolute Gasteiger partial charge is 0.433 e. The molecule has 0 aliphatic rings. The highest BCUT2D eigenvalue weighted by Gasteiger charge is 2.21. The number of nitrogens with zero attached hydrogens (tertiary/aromatic N) is 3. The first-order valence-electron chi connectivity index (χ1n) is 6.06. The number of anilines is 1. The lowest BCUT2D eigenvalue weighted by Gasteiger charge is -2.12. The zero-order chi connectivity index (χ0) is 15.6. The minimum atomic E-state index is -0.588. The molecule has 7 nitrogen and oxygen atoms in total. The van der Waals surface area contributed by atoms with E-state index < -0.39 is 4.92 Å². The first-order valence-corrected chi connectivity index (χ1v) is 6.44. The molecule has 0 amide bonds. The third kappa shape index (κ3) is 3.19. The van der Waals surface area contributed by atoms with Crippen LogP contribution in [0.1, 0.15) is 11.1 Å². The van der Waals surface area contributed by atoms with E-state index in [1.807, 2.05) is 0 Å². The lowest BCUT2D eigenvalue weighted by atomic mass is 10.1. The van der Waals surface area contributed by atoms with Crippen molar-refractivity contribution >= 4 is 23.2 Å². The van der Waals surface area contributed by atoms with Crippen LogP contribution in [-0.4, -0.2) is 21.9 Å². The van der Waals surface area contributed by atoms with E-state index in [1.54, 1.807) is 33.0 Å². The Kier molecular flexibility index (Phi) is 4.23. The highest BCUT2D eigenvalue weighted by atomic mass is 35.5. The maximum atomic E-state index is 11.0. The van der Waals surface area contributed by atoms with Gasteiger partial charge < -0.3 is 10.1 Å². The minimum Gasteiger partial charge on any atom is -0.433 e. The number of rotatable bonds is 4. The summed E-state index contributed by atoms with van der Waals surface area (Å²) >= 11 is 5.96. The molecule has 1 heterocycles. The van der Waals surface area contributed by atoms with Crippen LogP contribution >= 0.6 is 11.6 Å². The van der Waals surface area contributed by atoms with Crippen LogP contribution in [0.15, 0.2) is 18.3 Å². The summed E-state index contributed by atoms with van der Waals surface area (Å²) in [5.41, 5.74) is 1.22. The van der Waals surface area contributed by atoms with Crippen molar-refractivity contribution in [1.29, 1.82) is 0 Å². The fourth-order valence-corrected chi connectivity index (χ4v) is 2.16. The number of ether oxygens (including phenoxy) is 1. The number of hydrogen-bond donors (Lipinski definition) is 1. The molecule has 0 unspecified atom stereocenters. The van der Waals surface area contributed by atoms with Crippen LogP contribution in [0.3, 0.4) is 0 Å². The lowest BCUT2D eigenvalue weighted by Crippen LogP contribution is -2.03. The number of hydrogen-bond acceptors (Lipinski definition) is 6. The molecule has 0 radical (unpaired) electrons. The normalized spacial score (nSPS) is 10.3. The number of halogens is 1. The summed E-state index contributed by atoms with van der Waals surface area (Å²) in [7, 11) is 1.61. The average molecular weight is 309 g/mol. The van der Waals surface area contributed by atoms with E-state index in [2.05, 4.69) is 15.3 Å². The maximum absolute atomic E-state index is 11.0. The summed E-state index contributed by atoms with van der Waals surface area (Å²) < 4.78 is 5.64. The van der Waals surface area contributed by atoms with Crippen molar-refractivity contribution in [3.8, 4) is 11.6 Å². The van der Waals surface area contributed by atoms with E-state index in [-0.39, 0.29) is 17.5 Å². The Balaban J connectivity index is 2.50. The van der Waals surface area contributed by atoms with Crippen LogP contribution in [0.4, 0.5) is 11.6 Å².